The summed E-state index contributed by atoms with van der Waals surface area (Å²) in [6, 6.07) is 7.16. The lowest BCUT2D eigenvalue weighted by atomic mass is 9.94. The molecule has 186 valence electrons. The van der Waals surface area contributed by atoms with Crippen molar-refractivity contribution in [3.05, 3.63) is 36.4 Å². The van der Waals surface area contributed by atoms with Crippen LogP contribution in [0.1, 0.15) is 6.92 Å². The third kappa shape index (κ3) is 4.52. The lowest BCUT2D eigenvalue weighted by Crippen LogP contribution is -2.62. The van der Waals surface area contributed by atoms with E-state index in [0.717, 1.165) is 19.1 Å². The highest BCUT2D eigenvalue weighted by atomic mass is 16.7. The molecule has 1 aromatic heterocycles. The van der Waals surface area contributed by atoms with Gasteiger partial charge in [0, 0.05) is 18.2 Å². The number of ether oxygens (including phenoxy) is 2. The standard InChI is InChI=1S/C23H22O12/c1-8(24)17(29)22-19(31)18(30)20(32)23(35-22)34-16-7-11-13(27)5-10(25)6-15(11)33-21(16)9-2-3-12(26)14(28)4-9/h2-7,17-20,22-23,29-32H,1H3,(H3-,25,26,27,28)/p+1/t17?,18-,19-,20+,22+,23?/m0/s1. The van der Waals surface area contributed by atoms with Gasteiger partial charge in [-0.25, -0.2) is 4.42 Å². The highest BCUT2D eigenvalue weighted by Gasteiger charge is 2.49. The largest absolute Gasteiger partial charge is 0.507 e. The van der Waals surface area contributed by atoms with Crippen LogP contribution >= 0.6 is 0 Å². The van der Waals surface area contributed by atoms with E-state index in [2.05, 4.69) is 0 Å². The third-order valence-corrected chi connectivity index (χ3v) is 5.63. The lowest BCUT2D eigenvalue weighted by Gasteiger charge is -2.41. The molecule has 12 heteroatoms. The van der Waals surface area contributed by atoms with Crippen LogP contribution in [0.2, 0.25) is 0 Å². The number of hydrogen-bond acceptors (Lipinski definition) is 11. The predicted octanol–water partition coefficient (Wildman–Crippen LogP) is 0.340. The summed E-state index contributed by atoms with van der Waals surface area (Å²) in [4.78, 5) is 11.6. The zero-order chi connectivity index (χ0) is 25.6. The number of phenolic OH excluding ortho intramolecular Hbond substituents is 4. The molecule has 1 aliphatic rings. The minimum Gasteiger partial charge on any atom is -0.507 e. The van der Waals surface area contributed by atoms with E-state index in [1.165, 1.54) is 24.3 Å². The van der Waals surface area contributed by atoms with E-state index < -0.39 is 54.1 Å². The minimum atomic E-state index is -1.86. The molecule has 0 aliphatic carbocycles. The Morgan fingerprint density at radius 2 is 1.66 bits per heavy atom. The molecule has 2 aromatic carbocycles. The van der Waals surface area contributed by atoms with Gasteiger partial charge < -0.3 is 50.3 Å². The van der Waals surface area contributed by atoms with E-state index in [-0.39, 0.29) is 39.5 Å². The van der Waals surface area contributed by atoms with Crippen molar-refractivity contribution in [2.75, 3.05) is 0 Å². The van der Waals surface area contributed by atoms with E-state index in [4.69, 9.17) is 13.9 Å². The van der Waals surface area contributed by atoms with Crippen molar-refractivity contribution in [3.63, 3.8) is 0 Å². The summed E-state index contributed by atoms with van der Waals surface area (Å²) in [7, 11) is 0. The van der Waals surface area contributed by atoms with Gasteiger partial charge in [0.25, 0.3) is 0 Å². The van der Waals surface area contributed by atoms with Crippen molar-refractivity contribution in [3.8, 4) is 40.1 Å². The Kier molecular flexibility index (Phi) is 6.40. The first-order valence-corrected chi connectivity index (χ1v) is 10.4. The van der Waals surface area contributed by atoms with Gasteiger partial charge in [0.05, 0.1) is 11.6 Å². The van der Waals surface area contributed by atoms with Gasteiger partial charge in [-0.3, -0.25) is 4.79 Å². The van der Waals surface area contributed by atoms with Gasteiger partial charge in [0.1, 0.15) is 47.4 Å². The number of phenols is 4. The Morgan fingerprint density at radius 3 is 2.31 bits per heavy atom. The Morgan fingerprint density at radius 1 is 0.943 bits per heavy atom. The number of fused-ring (bicyclic) bond motifs is 1. The van der Waals surface area contributed by atoms with Gasteiger partial charge in [-0.05, 0) is 19.1 Å². The fourth-order valence-corrected chi connectivity index (χ4v) is 3.73. The van der Waals surface area contributed by atoms with Crippen LogP contribution in [-0.2, 0) is 9.53 Å². The SMILES string of the molecule is CC(=O)C(O)[C@H]1OC(Oc2cc3c(O)cc(O)cc3[o+]c2-c2ccc(O)c(O)c2)[C@H](O)[C@@H](O)[C@@H]1O. The second-order valence-corrected chi connectivity index (χ2v) is 8.13. The Labute approximate surface area is 197 Å². The van der Waals surface area contributed by atoms with Gasteiger partial charge in [0.2, 0.25) is 12.0 Å². The molecule has 6 atom stereocenters. The summed E-state index contributed by atoms with van der Waals surface area (Å²) in [5.74, 6) is -2.70. The van der Waals surface area contributed by atoms with Crippen molar-refractivity contribution in [2.24, 2.45) is 0 Å². The predicted molar refractivity (Wildman–Crippen MR) is 117 cm³/mol. The number of carbonyl (C=O) groups is 1. The second kappa shape index (κ2) is 9.17. The molecule has 2 heterocycles. The molecule has 1 saturated heterocycles. The maximum Gasteiger partial charge on any atom is 0.402 e. The fourth-order valence-electron chi connectivity index (χ4n) is 3.73. The summed E-state index contributed by atoms with van der Waals surface area (Å²) in [5, 5.41) is 80.7. The number of Topliss-reactive ketones (excluding diaryl/α,β-unsaturated/α-hetero) is 1. The van der Waals surface area contributed by atoms with Gasteiger partial charge >= 0.3 is 11.3 Å². The molecule has 2 unspecified atom stereocenters. The smallest absolute Gasteiger partial charge is 0.402 e. The summed E-state index contributed by atoms with van der Waals surface area (Å²) < 4.78 is 16.9. The molecular formula is C23H23O12+. The summed E-state index contributed by atoms with van der Waals surface area (Å²) in [6.07, 6.45) is -10.7. The maximum atomic E-state index is 11.6. The van der Waals surface area contributed by atoms with Gasteiger partial charge in [-0.2, -0.15) is 0 Å². The van der Waals surface area contributed by atoms with Crippen molar-refractivity contribution in [1.82, 2.24) is 0 Å². The highest BCUT2D eigenvalue weighted by Crippen LogP contribution is 2.42. The number of ketones is 1. The molecule has 8 N–H and O–H groups in total. The van der Waals surface area contributed by atoms with E-state index in [9.17, 15) is 45.6 Å². The van der Waals surface area contributed by atoms with Crippen molar-refractivity contribution < 1.29 is 59.5 Å². The third-order valence-electron chi connectivity index (χ3n) is 5.63. The molecule has 0 bridgehead atoms. The van der Waals surface area contributed by atoms with Crippen LogP contribution in [0.3, 0.4) is 0 Å². The first-order chi connectivity index (χ1) is 16.5. The molecule has 0 radical (unpaired) electrons. The Balaban J connectivity index is 1.82. The highest BCUT2D eigenvalue weighted by molar-refractivity contribution is 5.88. The van der Waals surface area contributed by atoms with Crippen molar-refractivity contribution in [2.45, 2.75) is 43.7 Å². The molecule has 0 saturated carbocycles. The molecule has 1 aliphatic heterocycles. The average Bonchev–Trinajstić information content (AvgIpc) is 2.80. The summed E-state index contributed by atoms with van der Waals surface area (Å²) in [6.45, 7) is 1.05. The Hall–Kier alpha value is -3.68. The first kappa shape index (κ1) is 24.4. The molecule has 35 heavy (non-hydrogen) atoms. The van der Waals surface area contributed by atoms with Crippen LogP contribution in [0.25, 0.3) is 22.3 Å². The molecule has 0 amide bonds. The molecule has 1 fully saturated rings. The van der Waals surface area contributed by atoms with E-state index in [0.29, 0.717) is 0 Å². The average molecular weight is 491 g/mol. The number of carbonyl (C=O) groups excluding carboxylic acids is 1. The van der Waals surface area contributed by atoms with Crippen LogP contribution in [0.5, 0.6) is 28.7 Å². The van der Waals surface area contributed by atoms with Crippen LogP contribution < -0.4 is 4.74 Å². The number of aliphatic hydroxyl groups excluding tert-OH is 4. The number of aromatic hydroxyl groups is 4. The molecule has 4 rings (SSSR count). The zero-order valence-corrected chi connectivity index (χ0v) is 18.1. The number of aliphatic hydroxyl groups is 4. The molecule has 3 aromatic rings. The Bertz CT molecular complexity index is 1280. The van der Waals surface area contributed by atoms with Crippen LogP contribution in [-0.4, -0.2) is 83.4 Å². The maximum absolute atomic E-state index is 11.6. The quantitative estimate of drug-likeness (QED) is 0.179. The molecular weight excluding hydrogens is 468 g/mol. The number of benzene rings is 2. The van der Waals surface area contributed by atoms with Gasteiger partial charge in [0.15, 0.2) is 17.3 Å². The first-order valence-electron chi connectivity index (χ1n) is 10.4. The second-order valence-electron chi connectivity index (χ2n) is 8.13. The van der Waals surface area contributed by atoms with E-state index in [1.54, 1.807) is 0 Å². The summed E-state index contributed by atoms with van der Waals surface area (Å²) in [5.41, 5.74) is 0.161. The minimum absolute atomic E-state index is 0.00265. The topological polar surface area (TPSA) is 209 Å². The monoisotopic (exact) mass is 491 g/mol. The van der Waals surface area contributed by atoms with Crippen LogP contribution in [0.15, 0.2) is 40.8 Å². The van der Waals surface area contributed by atoms with Crippen LogP contribution in [0, 0.1) is 0 Å². The lowest BCUT2D eigenvalue weighted by molar-refractivity contribution is -0.285. The normalized spacial score (nSPS) is 25.3. The van der Waals surface area contributed by atoms with E-state index in [1.807, 2.05) is 0 Å². The van der Waals surface area contributed by atoms with Gasteiger partial charge in [-0.15, -0.1) is 0 Å². The van der Waals surface area contributed by atoms with E-state index >= 15 is 0 Å². The van der Waals surface area contributed by atoms with Crippen molar-refractivity contribution >= 4 is 16.8 Å². The summed E-state index contributed by atoms with van der Waals surface area (Å²) >= 11 is 0. The number of hydrogen-bond donors (Lipinski definition) is 8. The number of rotatable bonds is 5. The molecule has 12 nitrogen and oxygen atoms in total. The zero-order valence-electron chi connectivity index (χ0n) is 18.1. The fraction of sp³-hybridized carbons (Fsp3) is 0.304. The van der Waals surface area contributed by atoms with Crippen LogP contribution in [0.4, 0.5) is 0 Å². The van der Waals surface area contributed by atoms with Crippen molar-refractivity contribution in [1.29, 1.82) is 0 Å². The molecule has 0 spiro atoms. The van der Waals surface area contributed by atoms with Gasteiger partial charge in [-0.1, -0.05) is 0 Å².